The number of H-pyrrole nitrogens is 1. The van der Waals surface area contributed by atoms with Crippen LogP contribution in [0.25, 0.3) is 10.9 Å². The lowest BCUT2D eigenvalue weighted by molar-refractivity contribution is -0.132. The topological polar surface area (TPSA) is 77.2 Å². The number of benzene rings is 1. The quantitative estimate of drug-likeness (QED) is 0.518. The van der Waals surface area contributed by atoms with Gasteiger partial charge in [-0.2, -0.15) is 11.8 Å². The molecule has 3 aliphatic rings. The van der Waals surface area contributed by atoms with Crippen LogP contribution in [0.2, 0.25) is 0 Å². The van der Waals surface area contributed by atoms with Crippen molar-refractivity contribution in [3.8, 4) is 0 Å². The van der Waals surface area contributed by atoms with Gasteiger partial charge < -0.3 is 20.5 Å². The van der Waals surface area contributed by atoms with Crippen LogP contribution in [0.1, 0.15) is 36.9 Å². The molecule has 3 atom stereocenters. The molecule has 8 heteroatoms. The number of aromatic nitrogens is 1. The number of urea groups is 1. The lowest BCUT2D eigenvalue weighted by atomic mass is 10.0. The molecule has 2 fully saturated rings. The van der Waals surface area contributed by atoms with Crippen LogP contribution in [0.4, 0.5) is 9.18 Å². The minimum Gasteiger partial charge on any atom is -0.358 e. The van der Waals surface area contributed by atoms with Gasteiger partial charge in [-0.15, -0.1) is 0 Å². The molecule has 2 aromatic rings. The summed E-state index contributed by atoms with van der Waals surface area (Å²) >= 11 is 1.91. The highest BCUT2D eigenvalue weighted by Gasteiger charge is 2.42. The number of aromatic amines is 1. The Morgan fingerprint density at radius 1 is 1.28 bits per heavy atom. The molecule has 29 heavy (non-hydrogen) atoms. The molecule has 2 saturated heterocycles. The first-order valence-electron chi connectivity index (χ1n) is 10.3. The van der Waals surface area contributed by atoms with E-state index in [2.05, 4.69) is 15.6 Å². The Morgan fingerprint density at radius 3 is 3.07 bits per heavy atom. The SMILES string of the molecule is O=C1N[C@H]2[C@H](CS[C@H]2CCCCC(=O)N2CCc3[nH]c4ccc(F)cc4c3C2)N1. The Hall–Kier alpha value is -2.22. The van der Waals surface area contributed by atoms with Gasteiger partial charge in [0.05, 0.1) is 12.1 Å². The smallest absolute Gasteiger partial charge is 0.315 e. The van der Waals surface area contributed by atoms with Gasteiger partial charge in [0.15, 0.2) is 0 Å². The van der Waals surface area contributed by atoms with Gasteiger partial charge in [-0.3, -0.25) is 4.79 Å². The van der Waals surface area contributed by atoms with Crippen molar-refractivity contribution in [2.24, 2.45) is 0 Å². The van der Waals surface area contributed by atoms with Crippen LogP contribution in [0.5, 0.6) is 0 Å². The van der Waals surface area contributed by atoms with Crippen molar-refractivity contribution in [2.45, 2.75) is 56.0 Å². The lowest BCUT2D eigenvalue weighted by Crippen LogP contribution is -2.37. The second-order valence-electron chi connectivity index (χ2n) is 8.20. The zero-order valence-electron chi connectivity index (χ0n) is 16.2. The van der Waals surface area contributed by atoms with Gasteiger partial charge >= 0.3 is 6.03 Å². The van der Waals surface area contributed by atoms with Crippen LogP contribution in [0, 0.1) is 5.82 Å². The summed E-state index contributed by atoms with van der Waals surface area (Å²) in [5, 5.41) is 7.30. The Bertz CT molecular complexity index is 962. The van der Waals surface area contributed by atoms with Crippen LogP contribution < -0.4 is 10.6 Å². The first-order chi connectivity index (χ1) is 14.1. The summed E-state index contributed by atoms with van der Waals surface area (Å²) in [4.78, 5) is 29.5. The van der Waals surface area contributed by atoms with Crippen LogP contribution in [0.3, 0.4) is 0 Å². The van der Waals surface area contributed by atoms with E-state index in [-0.39, 0.29) is 29.8 Å². The molecule has 4 heterocycles. The molecular weight excluding hydrogens is 391 g/mol. The average molecular weight is 417 g/mol. The molecule has 0 radical (unpaired) electrons. The van der Waals surface area contributed by atoms with Crippen molar-refractivity contribution in [1.29, 1.82) is 0 Å². The van der Waals surface area contributed by atoms with E-state index >= 15 is 0 Å². The van der Waals surface area contributed by atoms with E-state index < -0.39 is 0 Å². The molecule has 0 bridgehead atoms. The van der Waals surface area contributed by atoms with Gasteiger partial charge in [0.25, 0.3) is 0 Å². The number of fused-ring (bicyclic) bond motifs is 4. The van der Waals surface area contributed by atoms with Gasteiger partial charge in [0.2, 0.25) is 5.91 Å². The zero-order chi connectivity index (χ0) is 20.0. The summed E-state index contributed by atoms with van der Waals surface area (Å²) in [6.45, 7) is 1.26. The Balaban J connectivity index is 1.13. The molecule has 0 spiro atoms. The highest BCUT2D eigenvalue weighted by Crippen LogP contribution is 2.33. The van der Waals surface area contributed by atoms with Crippen molar-refractivity contribution in [2.75, 3.05) is 12.3 Å². The monoisotopic (exact) mass is 416 g/mol. The molecule has 3 N–H and O–H groups in total. The van der Waals surface area contributed by atoms with E-state index in [1.54, 1.807) is 12.1 Å². The number of amides is 3. The van der Waals surface area contributed by atoms with Gasteiger partial charge in [0, 0.05) is 59.1 Å². The molecule has 1 aromatic carbocycles. The number of rotatable bonds is 5. The number of hydrogen-bond acceptors (Lipinski definition) is 3. The number of halogens is 1. The number of carbonyl (C=O) groups excluding carboxylic acids is 2. The van der Waals surface area contributed by atoms with Gasteiger partial charge in [-0.1, -0.05) is 6.42 Å². The third-order valence-electron chi connectivity index (χ3n) is 6.36. The molecule has 5 rings (SSSR count). The average Bonchev–Trinajstić information content (AvgIpc) is 3.37. The van der Waals surface area contributed by atoms with Crippen molar-refractivity contribution in [3.05, 3.63) is 35.3 Å². The predicted octanol–water partition coefficient (Wildman–Crippen LogP) is 2.92. The zero-order valence-corrected chi connectivity index (χ0v) is 17.0. The molecule has 6 nitrogen and oxygen atoms in total. The summed E-state index contributed by atoms with van der Waals surface area (Å²) in [5.41, 5.74) is 3.11. The molecule has 0 aliphatic carbocycles. The number of carbonyl (C=O) groups is 2. The summed E-state index contributed by atoms with van der Waals surface area (Å²) in [7, 11) is 0. The molecule has 0 saturated carbocycles. The summed E-state index contributed by atoms with van der Waals surface area (Å²) in [6.07, 6.45) is 4.20. The maximum atomic E-state index is 13.7. The fourth-order valence-electron chi connectivity index (χ4n) is 4.82. The first kappa shape index (κ1) is 18.8. The normalized spacial score (nSPS) is 25.6. The van der Waals surface area contributed by atoms with Gasteiger partial charge in [0.1, 0.15) is 5.82 Å². The molecular formula is C21H25FN4O2S. The van der Waals surface area contributed by atoms with Crippen LogP contribution in [-0.4, -0.2) is 51.5 Å². The fraction of sp³-hybridized carbons (Fsp3) is 0.524. The highest BCUT2D eigenvalue weighted by molar-refractivity contribution is 8.00. The van der Waals surface area contributed by atoms with E-state index in [9.17, 15) is 14.0 Å². The van der Waals surface area contributed by atoms with Crippen molar-refractivity contribution >= 4 is 34.6 Å². The third-order valence-corrected chi connectivity index (χ3v) is 7.87. The van der Waals surface area contributed by atoms with E-state index in [0.29, 0.717) is 24.8 Å². The lowest BCUT2D eigenvalue weighted by Gasteiger charge is -2.27. The molecule has 1 aromatic heterocycles. The van der Waals surface area contributed by atoms with Crippen molar-refractivity contribution in [3.63, 3.8) is 0 Å². The van der Waals surface area contributed by atoms with E-state index in [1.165, 1.54) is 6.07 Å². The summed E-state index contributed by atoms with van der Waals surface area (Å²) in [6, 6.07) is 5.21. The fourth-order valence-corrected chi connectivity index (χ4v) is 6.37. The van der Waals surface area contributed by atoms with E-state index in [1.807, 2.05) is 16.7 Å². The largest absolute Gasteiger partial charge is 0.358 e. The number of hydrogen-bond donors (Lipinski definition) is 3. The number of nitrogens with one attached hydrogen (secondary N) is 3. The molecule has 3 amide bonds. The molecule has 154 valence electrons. The number of unbranched alkanes of at least 4 members (excludes halogenated alkanes) is 1. The second kappa shape index (κ2) is 7.55. The Morgan fingerprint density at radius 2 is 2.17 bits per heavy atom. The van der Waals surface area contributed by atoms with Gasteiger partial charge in [-0.05, 0) is 31.0 Å². The number of thioether (sulfide) groups is 1. The third kappa shape index (κ3) is 3.58. The van der Waals surface area contributed by atoms with Crippen molar-refractivity contribution < 1.29 is 14.0 Å². The maximum Gasteiger partial charge on any atom is 0.315 e. The predicted molar refractivity (Wildman–Crippen MR) is 111 cm³/mol. The molecule has 0 unspecified atom stereocenters. The van der Waals surface area contributed by atoms with Gasteiger partial charge in [-0.25, -0.2) is 9.18 Å². The van der Waals surface area contributed by atoms with Crippen LogP contribution in [0.15, 0.2) is 18.2 Å². The standard InChI is InChI=1S/C21H25FN4O2S/c22-12-5-6-15-13(9-12)14-10-26(8-7-16(14)23-15)19(27)4-2-1-3-18-20-17(11-29-18)24-21(28)25-20/h5-6,9,17-18,20,23H,1-4,7-8,10-11H2,(H2,24,25,28)/t17-,18-,20-/m0/s1. The summed E-state index contributed by atoms with van der Waals surface area (Å²) in [5.74, 6) is 0.895. The van der Waals surface area contributed by atoms with Crippen LogP contribution >= 0.6 is 11.8 Å². The van der Waals surface area contributed by atoms with Crippen molar-refractivity contribution in [1.82, 2.24) is 20.5 Å². The molecule has 3 aliphatic heterocycles. The first-order valence-corrected chi connectivity index (χ1v) is 11.4. The minimum atomic E-state index is -0.247. The number of nitrogens with zero attached hydrogens (tertiary/aromatic N) is 1. The second-order valence-corrected chi connectivity index (χ2v) is 9.48. The van der Waals surface area contributed by atoms with E-state index in [4.69, 9.17) is 0 Å². The Labute approximate surface area is 173 Å². The Kier molecular flexibility index (Phi) is 4.89. The minimum absolute atomic E-state index is 0.0536. The van der Waals surface area contributed by atoms with Crippen LogP contribution in [-0.2, 0) is 17.8 Å². The maximum absolute atomic E-state index is 13.7. The summed E-state index contributed by atoms with van der Waals surface area (Å²) < 4.78 is 13.7. The highest BCUT2D eigenvalue weighted by atomic mass is 32.2. The van der Waals surface area contributed by atoms with E-state index in [0.717, 1.165) is 53.6 Å².